The molecule has 5 aromatic rings. The summed E-state index contributed by atoms with van der Waals surface area (Å²) < 4.78 is 5.73. The number of hydrogen-bond acceptors (Lipinski definition) is 7. The minimum absolute atomic E-state index is 0.101. The molecule has 6 rings (SSSR count). The molecule has 0 bridgehead atoms. The molecule has 0 N–H and O–H groups in total. The van der Waals surface area contributed by atoms with Crippen LogP contribution in [0.2, 0.25) is 0 Å². The van der Waals surface area contributed by atoms with Crippen LogP contribution in [0.25, 0.3) is 33.6 Å². The fraction of sp³-hybridized carbons (Fsp3) is 0.273. The molecule has 1 fully saturated rings. The van der Waals surface area contributed by atoms with Crippen LogP contribution in [0, 0.1) is 6.92 Å². The number of carbonyl (C=O) groups excluding carboxylic acids is 2. The molecule has 2 aromatic carbocycles. The smallest absolute Gasteiger partial charge is 0.254 e. The molecule has 0 atom stereocenters. The van der Waals surface area contributed by atoms with Crippen molar-refractivity contribution in [3.8, 4) is 33.6 Å². The van der Waals surface area contributed by atoms with E-state index in [1.807, 2.05) is 65.7 Å². The summed E-state index contributed by atoms with van der Waals surface area (Å²) in [4.78, 5) is 35.8. The monoisotopic (exact) mass is 596 g/mol. The van der Waals surface area contributed by atoms with Crippen LogP contribution in [0.3, 0.4) is 0 Å². The summed E-state index contributed by atoms with van der Waals surface area (Å²) >= 11 is 3.27. The molecular weight excluding hydrogens is 565 g/mol. The van der Waals surface area contributed by atoms with Gasteiger partial charge < -0.3 is 14.3 Å². The van der Waals surface area contributed by atoms with Gasteiger partial charge in [-0.3, -0.25) is 9.59 Å². The number of carbonyl (C=O) groups is 2. The number of piperidine rings is 1. The summed E-state index contributed by atoms with van der Waals surface area (Å²) in [6.45, 7) is 3.37. The predicted molar refractivity (Wildman–Crippen MR) is 168 cm³/mol. The number of benzene rings is 2. The fourth-order valence-corrected chi connectivity index (χ4v) is 7.15. The van der Waals surface area contributed by atoms with Crippen molar-refractivity contribution < 1.29 is 14.1 Å². The van der Waals surface area contributed by atoms with Crippen molar-refractivity contribution in [2.75, 3.05) is 27.2 Å². The molecule has 0 spiro atoms. The molecule has 2 amide bonds. The Kier molecular flexibility index (Phi) is 8.04. The average Bonchev–Trinajstić information content (AvgIpc) is 3.79. The molecule has 1 saturated heterocycles. The first kappa shape index (κ1) is 28.1. The summed E-state index contributed by atoms with van der Waals surface area (Å²) in [5.41, 5.74) is 5.54. The van der Waals surface area contributed by atoms with E-state index in [1.165, 1.54) is 0 Å². The molecule has 9 heteroatoms. The molecule has 4 heterocycles. The first-order valence-corrected chi connectivity index (χ1v) is 15.8. The third-order valence-electron chi connectivity index (χ3n) is 7.76. The highest BCUT2D eigenvalue weighted by molar-refractivity contribution is 7.10. The number of aryl methyl sites for hydroxylation is 1. The lowest BCUT2D eigenvalue weighted by molar-refractivity contribution is -0.131. The van der Waals surface area contributed by atoms with Gasteiger partial charge in [0.15, 0.2) is 0 Å². The quantitative estimate of drug-likeness (QED) is 0.199. The van der Waals surface area contributed by atoms with Gasteiger partial charge in [0.1, 0.15) is 11.5 Å². The molecular formula is C33H32N4O3S2. The van der Waals surface area contributed by atoms with E-state index in [4.69, 9.17) is 9.51 Å². The van der Waals surface area contributed by atoms with E-state index in [9.17, 15) is 9.59 Å². The van der Waals surface area contributed by atoms with Gasteiger partial charge in [-0.15, -0.1) is 22.7 Å². The molecule has 0 aliphatic carbocycles. The van der Waals surface area contributed by atoms with Gasteiger partial charge in [0.25, 0.3) is 5.91 Å². The fourth-order valence-electron chi connectivity index (χ4n) is 5.48. The minimum Gasteiger partial charge on any atom is -0.360 e. The Morgan fingerprint density at radius 3 is 2.50 bits per heavy atom. The Labute approximate surface area is 253 Å². The first-order valence-electron chi connectivity index (χ1n) is 14.0. The van der Waals surface area contributed by atoms with Crippen molar-refractivity contribution in [1.29, 1.82) is 0 Å². The van der Waals surface area contributed by atoms with Gasteiger partial charge in [0.05, 0.1) is 22.7 Å². The SMILES string of the molecule is Cc1onc(-c2cc(-c3ccccc3)ccc2C(=O)N(C)C)c1-c1csc(C2CCN(C(=O)Cc3cccs3)CC2)n1. The van der Waals surface area contributed by atoms with E-state index in [2.05, 4.69) is 22.7 Å². The summed E-state index contributed by atoms with van der Waals surface area (Å²) in [5, 5.41) is 9.59. The van der Waals surface area contributed by atoms with Crippen molar-refractivity contribution in [1.82, 2.24) is 19.9 Å². The van der Waals surface area contributed by atoms with Gasteiger partial charge in [-0.05, 0) is 54.5 Å². The van der Waals surface area contributed by atoms with E-state index in [0.29, 0.717) is 34.9 Å². The zero-order valence-electron chi connectivity index (χ0n) is 23.9. The summed E-state index contributed by atoms with van der Waals surface area (Å²) in [6, 6.07) is 20.0. The number of nitrogens with zero attached hydrogens (tertiary/aromatic N) is 4. The van der Waals surface area contributed by atoms with E-state index >= 15 is 0 Å². The van der Waals surface area contributed by atoms with Gasteiger partial charge in [-0.1, -0.05) is 47.6 Å². The van der Waals surface area contributed by atoms with Crippen LogP contribution in [-0.2, 0) is 11.2 Å². The highest BCUT2D eigenvalue weighted by Crippen LogP contribution is 2.40. The van der Waals surface area contributed by atoms with Crippen molar-refractivity contribution in [3.63, 3.8) is 0 Å². The van der Waals surface area contributed by atoms with Crippen molar-refractivity contribution in [2.24, 2.45) is 0 Å². The maximum atomic E-state index is 13.2. The normalized spacial score (nSPS) is 13.8. The number of thiazole rings is 1. The summed E-state index contributed by atoms with van der Waals surface area (Å²) in [6.07, 6.45) is 2.25. The lowest BCUT2D eigenvalue weighted by atomic mass is 9.94. The van der Waals surface area contributed by atoms with E-state index in [0.717, 1.165) is 58.2 Å². The topological polar surface area (TPSA) is 79.5 Å². The second-order valence-electron chi connectivity index (χ2n) is 10.8. The van der Waals surface area contributed by atoms with E-state index in [-0.39, 0.29) is 11.8 Å². The number of hydrogen-bond donors (Lipinski definition) is 0. The van der Waals surface area contributed by atoms with Crippen molar-refractivity contribution >= 4 is 34.5 Å². The average molecular weight is 597 g/mol. The largest absolute Gasteiger partial charge is 0.360 e. The Balaban J connectivity index is 1.28. The third kappa shape index (κ3) is 5.67. The number of amides is 2. The van der Waals surface area contributed by atoms with Crippen LogP contribution >= 0.6 is 22.7 Å². The number of thiophene rings is 1. The highest BCUT2D eigenvalue weighted by Gasteiger charge is 2.28. The molecule has 214 valence electrons. The number of likely N-dealkylation sites (tertiary alicyclic amines) is 1. The standard InChI is InChI=1S/C33H32N4O3S2/c1-21-30(28-20-42-32(34-28)23-13-15-37(16-14-23)29(38)19-25-10-7-17-41-25)31(35-40-21)27-18-24(22-8-5-4-6-9-22)11-12-26(27)33(39)36(2)3/h4-12,17-18,20,23H,13-16,19H2,1-3H3. The van der Waals surface area contributed by atoms with Crippen molar-refractivity contribution in [2.45, 2.75) is 32.1 Å². The highest BCUT2D eigenvalue weighted by atomic mass is 32.1. The van der Waals surface area contributed by atoms with Gasteiger partial charge in [0.2, 0.25) is 5.91 Å². The Bertz CT molecular complexity index is 1700. The van der Waals surface area contributed by atoms with Crippen molar-refractivity contribution in [3.05, 3.63) is 92.6 Å². The maximum Gasteiger partial charge on any atom is 0.254 e. The van der Waals surface area contributed by atoms with Crippen LogP contribution in [0.5, 0.6) is 0 Å². The van der Waals surface area contributed by atoms with Crippen LogP contribution in [0.1, 0.15) is 44.8 Å². The Morgan fingerprint density at radius 2 is 1.79 bits per heavy atom. The molecule has 7 nitrogen and oxygen atoms in total. The Morgan fingerprint density at radius 1 is 1.00 bits per heavy atom. The molecule has 3 aromatic heterocycles. The molecule has 0 unspecified atom stereocenters. The van der Waals surface area contributed by atoms with Crippen LogP contribution in [0.15, 0.2) is 75.9 Å². The molecule has 1 aliphatic heterocycles. The number of aromatic nitrogens is 2. The maximum absolute atomic E-state index is 13.2. The zero-order chi connectivity index (χ0) is 29.2. The second kappa shape index (κ2) is 12.0. The van der Waals surface area contributed by atoms with Gasteiger partial charge in [-0.2, -0.15) is 0 Å². The molecule has 42 heavy (non-hydrogen) atoms. The molecule has 0 saturated carbocycles. The summed E-state index contributed by atoms with van der Waals surface area (Å²) in [7, 11) is 3.50. The molecule has 0 radical (unpaired) electrons. The Hall–Kier alpha value is -4.08. The van der Waals surface area contributed by atoms with E-state index in [1.54, 1.807) is 41.7 Å². The van der Waals surface area contributed by atoms with Crippen LogP contribution in [0.4, 0.5) is 0 Å². The van der Waals surface area contributed by atoms with Gasteiger partial charge in [-0.25, -0.2) is 4.98 Å². The predicted octanol–water partition coefficient (Wildman–Crippen LogP) is 7.15. The first-order chi connectivity index (χ1) is 20.4. The minimum atomic E-state index is -0.101. The lowest BCUT2D eigenvalue weighted by Crippen LogP contribution is -2.38. The lowest BCUT2D eigenvalue weighted by Gasteiger charge is -2.31. The van der Waals surface area contributed by atoms with E-state index < -0.39 is 0 Å². The van der Waals surface area contributed by atoms with Crippen LogP contribution in [-0.4, -0.2) is 58.9 Å². The third-order valence-corrected chi connectivity index (χ3v) is 9.65. The second-order valence-corrected chi connectivity index (χ2v) is 12.7. The summed E-state index contributed by atoms with van der Waals surface area (Å²) in [5.74, 6) is 1.05. The van der Waals surface area contributed by atoms with Gasteiger partial charge in [0, 0.05) is 54.5 Å². The van der Waals surface area contributed by atoms with Gasteiger partial charge >= 0.3 is 0 Å². The number of rotatable bonds is 7. The van der Waals surface area contributed by atoms with Crippen LogP contribution < -0.4 is 0 Å². The zero-order valence-corrected chi connectivity index (χ0v) is 25.5. The molecule has 1 aliphatic rings.